The molecule has 21 heavy (non-hydrogen) atoms. The van der Waals surface area contributed by atoms with Crippen LogP contribution in [0.15, 0.2) is 54.6 Å². The van der Waals surface area contributed by atoms with E-state index < -0.39 is 0 Å². The fraction of sp³-hybridized carbons (Fsp3) is 0.278. The number of hydrogen-bond donors (Lipinski definition) is 1. The zero-order valence-corrected chi connectivity index (χ0v) is 12.2. The van der Waals surface area contributed by atoms with Crippen LogP contribution in [-0.2, 0) is 19.4 Å². The molecule has 2 N–H and O–H groups in total. The maximum Gasteiger partial charge on any atom is 0.109 e. The van der Waals surface area contributed by atoms with Crippen molar-refractivity contribution in [2.45, 2.75) is 25.8 Å². The number of imidazole rings is 1. The molecule has 0 unspecified atom stereocenters. The summed E-state index contributed by atoms with van der Waals surface area (Å²) in [5, 5.41) is 0. The largest absolute Gasteiger partial charge is 0.330 e. The van der Waals surface area contributed by atoms with Crippen molar-refractivity contribution >= 4 is 11.0 Å². The van der Waals surface area contributed by atoms with Crippen LogP contribution in [0.2, 0.25) is 0 Å². The lowest BCUT2D eigenvalue weighted by Gasteiger charge is -2.09. The summed E-state index contributed by atoms with van der Waals surface area (Å²) in [6.45, 7) is 1.67. The number of aromatic nitrogens is 2. The van der Waals surface area contributed by atoms with Crippen LogP contribution in [0.5, 0.6) is 0 Å². The van der Waals surface area contributed by atoms with Gasteiger partial charge in [-0.25, -0.2) is 4.98 Å². The SMILES string of the molecule is NCCCc1nc2ccccc2n1CCc1ccccc1. The molecule has 2 aromatic carbocycles. The summed E-state index contributed by atoms with van der Waals surface area (Å²) in [5.41, 5.74) is 9.31. The third-order valence-electron chi connectivity index (χ3n) is 3.81. The molecule has 0 aliphatic carbocycles. The van der Waals surface area contributed by atoms with Gasteiger partial charge in [0.15, 0.2) is 0 Å². The molecule has 0 amide bonds. The van der Waals surface area contributed by atoms with Gasteiger partial charge in [0.05, 0.1) is 11.0 Å². The zero-order chi connectivity index (χ0) is 14.5. The number of aryl methyl sites for hydroxylation is 3. The van der Waals surface area contributed by atoms with Crippen molar-refractivity contribution in [3.8, 4) is 0 Å². The van der Waals surface area contributed by atoms with Crippen LogP contribution >= 0.6 is 0 Å². The van der Waals surface area contributed by atoms with Gasteiger partial charge in [0, 0.05) is 13.0 Å². The Kier molecular flexibility index (Phi) is 4.31. The Balaban J connectivity index is 1.87. The molecule has 0 saturated heterocycles. The van der Waals surface area contributed by atoms with Gasteiger partial charge in [-0.15, -0.1) is 0 Å². The summed E-state index contributed by atoms with van der Waals surface area (Å²) >= 11 is 0. The molecular formula is C18H21N3. The first-order valence-corrected chi connectivity index (χ1v) is 7.56. The topological polar surface area (TPSA) is 43.8 Å². The van der Waals surface area contributed by atoms with Crippen molar-refractivity contribution in [1.29, 1.82) is 0 Å². The van der Waals surface area contributed by atoms with E-state index in [4.69, 9.17) is 10.7 Å². The molecular weight excluding hydrogens is 258 g/mol. The van der Waals surface area contributed by atoms with Gasteiger partial charge in [0.25, 0.3) is 0 Å². The number of fused-ring (bicyclic) bond motifs is 1. The summed E-state index contributed by atoms with van der Waals surface area (Å²) in [6, 6.07) is 19.0. The Morgan fingerprint density at radius 2 is 1.67 bits per heavy atom. The molecule has 3 rings (SSSR count). The van der Waals surface area contributed by atoms with Crippen LogP contribution < -0.4 is 5.73 Å². The van der Waals surface area contributed by atoms with Crippen LogP contribution in [0.3, 0.4) is 0 Å². The summed E-state index contributed by atoms with van der Waals surface area (Å²) in [5.74, 6) is 1.15. The van der Waals surface area contributed by atoms with Crippen molar-refractivity contribution in [3.05, 3.63) is 66.0 Å². The average Bonchev–Trinajstić information content (AvgIpc) is 2.89. The minimum Gasteiger partial charge on any atom is -0.330 e. The van der Waals surface area contributed by atoms with Gasteiger partial charge in [0.1, 0.15) is 5.82 Å². The van der Waals surface area contributed by atoms with E-state index in [-0.39, 0.29) is 0 Å². The third-order valence-corrected chi connectivity index (χ3v) is 3.81. The molecule has 0 aliphatic rings. The molecule has 1 heterocycles. The first-order chi connectivity index (χ1) is 10.4. The van der Waals surface area contributed by atoms with E-state index in [0.29, 0.717) is 6.54 Å². The van der Waals surface area contributed by atoms with Crippen LogP contribution in [0, 0.1) is 0 Å². The molecule has 0 aliphatic heterocycles. The van der Waals surface area contributed by atoms with Gasteiger partial charge in [-0.2, -0.15) is 0 Å². The highest BCUT2D eigenvalue weighted by Crippen LogP contribution is 2.18. The van der Waals surface area contributed by atoms with Crippen molar-refractivity contribution in [2.75, 3.05) is 6.54 Å². The highest BCUT2D eigenvalue weighted by Gasteiger charge is 2.09. The van der Waals surface area contributed by atoms with Crippen molar-refractivity contribution in [3.63, 3.8) is 0 Å². The summed E-state index contributed by atoms with van der Waals surface area (Å²) in [6.07, 6.45) is 2.95. The molecule has 0 atom stereocenters. The standard InChI is InChI=1S/C18H21N3/c19-13-6-11-18-20-16-9-4-5-10-17(16)21(18)14-12-15-7-2-1-3-8-15/h1-5,7-10H,6,11-14,19H2. The van der Waals surface area contributed by atoms with Crippen LogP contribution in [-0.4, -0.2) is 16.1 Å². The summed E-state index contributed by atoms with van der Waals surface area (Å²) < 4.78 is 2.35. The van der Waals surface area contributed by atoms with Crippen molar-refractivity contribution in [2.24, 2.45) is 5.73 Å². The molecule has 1 aromatic heterocycles. The lowest BCUT2D eigenvalue weighted by molar-refractivity contribution is 0.650. The van der Waals surface area contributed by atoms with Crippen LogP contribution in [0.1, 0.15) is 17.8 Å². The van der Waals surface area contributed by atoms with Gasteiger partial charge in [-0.1, -0.05) is 42.5 Å². The van der Waals surface area contributed by atoms with E-state index in [0.717, 1.165) is 37.1 Å². The Bertz CT molecular complexity index is 701. The maximum atomic E-state index is 5.65. The monoisotopic (exact) mass is 279 g/mol. The van der Waals surface area contributed by atoms with Gasteiger partial charge in [-0.3, -0.25) is 0 Å². The molecule has 0 bridgehead atoms. The minimum absolute atomic E-state index is 0.710. The second kappa shape index (κ2) is 6.55. The Labute approximate surface area is 125 Å². The lowest BCUT2D eigenvalue weighted by atomic mass is 10.1. The van der Waals surface area contributed by atoms with Crippen molar-refractivity contribution in [1.82, 2.24) is 9.55 Å². The molecule has 3 aromatic rings. The smallest absolute Gasteiger partial charge is 0.109 e. The molecule has 0 saturated carbocycles. The Morgan fingerprint density at radius 1 is 0.905 bits per heavy atom. The van der Waals surface area contributed by atoms with Crippen molar-refractivity contribution < 1.29 is 0 Å². The van der Waals surface area contributed by atoms with E-state index in [1.54, 1.807) is 0 Å². The van der Waals surface area contributed by atoms with Crippen LogP contribution in [0.25, 0.3) is 11.0 Å². The highest BCUT2D eigenvalue weighted by atomic mass is 15.1. The summed E-state index contributed by atoms with van der Waals surface area (Å²) in [7, 11) is 0. The van der Waals surface area contributed by atoms with E-state index in [9.17, 15) is 0 Å². The number of benzene rings is 2. The molecule has 3 nitrogen and oxygen atoms in total. The number of para-hydroxylation sites is 2. The minimum atomic E-state index is 0.710. The third kappa shape index (κ3) is 3.14. The van der Waals surface area contributed by atoms with E-state index in [1.165, 1.54) is 11.1 Å². The molecule has 0 radical (unpaired) electrons. The number of nitrogens with zero attached hydrogens (tertiary/aromatic N) is 2. The second-order valence-corrected chi connectivity index (χ2v) is 5.30. The predicted molar refractivity (Wildman–Crippen MR) is 87.3 cm³/mol. The maximum absolute atomic E-state index is 5.65. The quantitative estimate of drug-likeness (QED) is 0.753. The van der Waals surface area contributed by atoms with Gasteiger partial charge in [0.2, 0.25) is 0 Å². The first kappa shape index (κ1) is 13.8. The molecule has 108 valence electrons. The number of nitrogens with two attached hydrogens (primary N) is 1. The number of hydrogen-bond acceptors (Lipinski definition) is 2. The highest BCUT2D eigenvalue weighted by molar-refractivity contribution is 5.75. The van der Waals surface area contributed by atoms with E-state index >= 15 is 0 Å². The van der Waals surface area contributed by atoms with Gasteiger partial charge in [-0.05, 0) is 37.1 Å². The normalized spacial score (nSPS) is 11.1. The average molecular weight is 279 g/mol. The van der Waals surface area contributed by atoms with Crippen LogP contribution in [0.4, 0.5) is 0 Å². The van der Waals surface area contributed by atoms with Gasteiger partial charge < -0.3 is 10.3 Å². The number of rotatable bonds is 6. The Morgan fingerprint density at radius 3 is 2.48 bits per heavy atom. The predicted octanol–water partition coefficient (Wildman–Crippen LogP) is 3.17. The Hall–Kier alpha value is -2.13. The zero-order valence-electron chi connectivity index (χ0n) is 12.2. The van der Waals surface area contributed by atoms with E-state index in [1.807, 2.05) is 6.07 Å². The molecule has 3 heteroatoms. The first-order valence-electron chi connectivity index (χ1n) is 7.56. The van der Waals surface area contributed by atoms with E-state index in [2.05, 4.69) is 53.1 Å². The summed E-state index contributed by atoms with van der Waals surface area (Å²) in [4.78, 5) is 4.77. The fourth-order valence-electron chi connectivity index (χ4n) is 2.71. The molecule has 0 fully saturated rings. The lowest BCUT2D eigenvalue weighted by Crippen LogP contribution is -2.09. The second-order valence-electron chi connectivity index (χ2n) is 5.30. The fourth-order valence-corrected chi connectivity index (χ4v) is 2.71. The molecule has 0 spiro atoms. The van der Waals surface area contributed by atoms with Gasteiger partial charge >= 0.3 is 0 Å².